The van der Waals surface area contributed by atoms with Gasteiger partial charge in [-0.05, 0) is 37.1 Å². The third kappa shape index (κ3) is 2.95. The molecule has 4 aromatic rings. The van der Waals surface area contributed by atoms with Crippen LogP contribution in [0.4, 0.5) is 0 Å². The second-order valence-corrected chi connectivity index (χ2v) is 7.74. The second-order valence-electron chi connectivity index (χ2n) is 6.04. The number of ether oxygens (including phenoxy) is 1. The third-order valence-electron chi connectivity index (χ3n) is 4.49. The van der Waals surface area contributed by atoms with Gasteiger partial charge in [-0.1, -0.05) is 23.7 Å². The van der Waals surface area contributed by atoms with Crippen LogP contribution in [0.1, 0.15) is 21.8 Å². The van der Waals surface area contributed by atoms with Crippen LogP contribution in [-0.4, -0.2) is 26.7 Å². The van der Waals surface area contributed by atoms with E-state index >= 15 is 0 Å². The number of nitrogens with zero attached hydrogens (tertiary/aromatic N) is 4. The lowest BCUT2D eigenvalue weighted by Gasteiger charge is -2.11. The van der Waals surface area contributed by atoms with Crippen molar-refractivity contribution in [3.8, 4) is 16.9 Å². The highest BCUT2D eigenvalue weighted by atomic mass is 35.5. The smallest absolute Gasteiger partial charge is 0.183 e. The van der Waals surface area contributed by atoms with Gasteiger partial charge in [0.1, 0.15) is 5.75 Å². The summed E-state index contributed by atoms with van der Waals surface area (Å²) >= 11 is 7.46. The fourth-order valence-electron chi connectivity index (χ4n) is 3.08. The number of hydrogen-bond donors (Lipinski definition) is 0. The van der Waals surface area contributed by atoms with Gasteiger partial charge >= 0.3 is 0 Å². The van der Waals surface area contributed by atoms with Crippen molar-refractivity contribution in [3.05, 3.63) is 63.0 Å². The molecule has 0 N–H and O–H groups in total. The number of aryl methyl sites for hydroxylation is 2. The summed E-state index contributed by atoms with van der Waals surface area (Å²) in [6.07, 6.45) is 4.44. The maximum absolute atomic E-state index is 5.96. The molecule has 132 valence electrons. The van der Waals surface area contributed by atoms with Crippen molar-refractivity contribution in [2.75, 3.05) is 7.11 Å². The van der Waals surface area contributed by atoms with Crippen LogP contribution in [0.5, 0.6) is 5.75 Å². The molecule has 0 spiro atoms. The second kappa shape index (κ2) is 6.70. The Bertz CT molecular complexity index is 1090. The van der Waals surface area contributed by atoms with Crippen LogP contribution < -0.4 is 4.74 Å². The number of benzene rings is 1. The molecule has 3 aromatic heterocycles. The predicted molar refractivity (Wildman–Crippen MR) is 104 cm³/mol. The Morgan fingerprint density at radius 2 is 1.92 bits per heavy atom. The van der Waals surface area contributed by atoms with Crippen molar-refractivity contribution < 1.29 is 4.74 Å². The summed E-state index contributed by atoms with van der Waals surface area (Å²) in [4.78, 5) is 10.1. The minimum absolute atomic E-state index is 0.560. The molecule has 5 nitrogen and oxygen atoms in total. The molecular weight excluding hydrogens is 368 g/mol. The van der Waals surface area contributed by atoms with Gasteiger partial charge in [-0.25, -0.2) is 14.5 Å². The molecule has 3 heterocycles. The van der Waals surface area contributed by atoms with E-state index in [1.54, 1.807) is 7.11 Å². The van der Waals surface area contributed by atoms with E-state index in [4.69, 9.17) is 21.3 Å². The van der Waals surface area contributed by atoms with Crippen molar-refractivity contribution in [2.24, 2.45) is 0 Å². The quantitative estimate of drug-likeness (QED) is 0.510. The Morgan fingerprint density at radius 1 is 1.15 bits per heavy atom. The predicted octanol–water partition coefficient (Wildman–Crippen LogP) is 4.72. The first kappa shape index (κ1) is 17.0. The zero-order valence-electron chi connectivity index (χ0n) is 14.7. The topological polar surface area (TPSA) is 52.3 Å². The van der Waals surface area contributed by atoms with Crippen LogP contribution in [0, 0.1) is 13.8 Å². The van der Waals surface area contributed by atoms with Crippen molar-refractivity contribution in [3.63, 3.8) is 0 Å². The molecule has 0 unspecified atom stereocenters. The lowest BCUT2D eigenvalue weighted by Crippen LogP contribution is -2.05. The minimum Gasteiger partial charge on any atom is -0.497 e. The summed E-state index contributed by atoms with van der Waals surface area (Å²) in [6, 6.07) is 7.94. The number of fused-ring (bicyclic) bond motifs is 1. The summed E-state index contributed by atoms with van der Waals surface area (Å²) < 4.78 is 7.70. The van der Waals surface area contributed by atoms with Gasteiger partial charge in [0.15, 0.2) is 10.1 Å². The van der Waals surface area contributed by atoms with Crippen LogP contribution in [0.25, 0.3) is 16.8 Å². The van der Waals surface area contributed by atoms with Crippen molar-refractivity contribution >= 4 is 28.6 Å². The van der Waals surface area contributed by atoms with Crippen LogP contribution >= 0.6 is 22.9 Å². The molecule has 4 rings (SSSR count). The Hall–Kier alpha value is -2.44. The number of thiazole rings is 1. The van der Waals surface area contributed by atoms with Crippen LogP contribution in [0.3, 0.4) is 0 Å². The average molecular weight is 385 g/mol. The van der Waals surface area contributed by atoms with E-state index in [-0.39, 0.29) is 0 Å². The minimum atomic E-state index is 0.560. The largest absolute Gasteiger partial charge is 0.497 e. The third-order valence-corrected chi connectivity index (χ3v) is 5.60. The normalized spacial score (nSPS) is 11.2. The molecule has 0 fully saturated rings. The first-order chi connectivity index (χ1) is 12.6. The van der Waals surface area contributed by atoms with Gasteiger partial charge in [0.2, 0.25) is 0 Å². The zero-order chi connectivity index (χ0) is 18.3. The monoisotopic (exact) mass is 384 g/mol. The standard InChI is InChI=1S/C19H17ClN4OS/c1-11-16(8-15-9-21-19(20)26-15)12(2)24-18(23-11)17(10-22-24)13-4-6-14(25-3)7-5-13/h4-7,9-10H,8H2,1-3H3. The van der Waals surface area contributed by atoms with E-state index in [1.807, 2.05) is 48.1 Å². The average Bonchev–Trinajstić information content (AvgIpc) is 3.25. The highest BCUT2D eigenvalue weighted by molar-refractivity contribution is 7.15. The van der Waals surface area contributed by atoms with Gasteiger partial charge in [0.25, 0.3) is 0 Å². The molecule has 0 amide bonds. The van der Waals surface area contributed by atoms with Gasteiger partial charge in [-0.2, -0.15) is 5.10 Å². The van der Waals surface area contributed by atoms with Gasteiger partial charge in [-0.15, -0.1) is 11.3 Å². The van der Waals surface area contributed by atoms with E-state index in [1.165, 1.54) is 11.3 Å². The van der Waals surface area contributed by atoms with Crippen LogP contribution in [-0.2, 0) is 6.42 Å². The molecule has 0 bridgehead atoms. The van der Waals surface area contributed by atoms with Crippen molar-refractivity contribution in [1.29, 1.82) is 0 Å². The van der Waals surface area contributed by atoms with E-state index in [9.17, 15) is 0 Å². The maximum atomic E-state index is 5.96. The molecular formula is C19H17ClN4OS. The van der Waals surface area contributed by atoms with Gasteiger partial charge in [0.05, 0.1) is 13.3 Å². The summed E-state index contributed by atoms with van der Waals surface area (Å²) in [6.45, 7) is 4.11. The Morgan fingerprint density at radius 3 is 2.58 bits per heavy atom. The SMILES string of the molecule is COc1ccc(-c2cnn3c(C)c(Cc4cnc(Cl)s4)c(C)nc23)cc1. The number of aromatic nitrogens is 4. The summed E-state index contributed by atoms with van der Waals surface area (Å²) in [5.74, 6) is 0.830. The van der Waals surface area contributed by atoms with Gasteiger partial charge < -0.3 is 4.74 Å². The fraction of sp³-hybridized carbons (Fsp3) is 0.211. The molecule has 0 saturated carbocycles. The summed E-state index contributed by atoms with van der Waals surface area (Å²) in [5, 5.41) is 4.57. The molecule has 26 heavy (non-hydrogen) atoms. The molecule has 0 aliphatic rings. The number of halogens is 1. The Balaban J connectivity index is 1.79. The summed E-state index contributed by atoms with van der Waals surface area (Å²) in [7, 11) is 1.66. The van der Waals surface area contributed by atoms with Gasteiger partial charge in [-0.3, -0.25) is 0 Å². The van der Waals surface area contributed by atoms with E-state index in [0.29, 0.717) is 4.47 Å². The highest BCUT2D eigenvalue weighted by Gasteiger charge is 2.16. The van der Waals surface area contributed by atoms with Gasteiger partial charge in [0, 0.05) is 34.4 Å². The number of rotatable bonds is 4. The lowest BCUT2D eigenvalue weighted by atomic mass is 10.1. The molecule has 0 aliphatic heterocycles. The molecule has 1 aromatic carbocycles. The molecule has 0 aliphatic carbocycles. The highest BCUT2D eigenvalue weighted by Crippen LogP contribution is 2.29. The first-order valence-electron chi connectivity index (χ1n) is 8.15. The molecule has 0 atom stereocenters. The Kier molecular flexibility index (Phi) is 4.38. The number of methoxy groups -OCH3 is 1. The Labute approximate surface area is 160 Å². The van der Waals surface area contributed by atoms with Crippen molar-refractivity contribution in [1.82, 2.24) is 19.6 Å². The fourth-order valence-corrected chi connectivity index (χ4v) is 4.07. The van der Waals surface area contributed by atoms with E-state index in [0.717, 1.165) is 50.8 Å². The molecule has 0 saturated heterocycles. The molecule has 0 radical (unpaired) electrons. The lowest BCUT2D eigenvalue weighted by molar-refractivity contribution is 0.415. The van der Waals surface area contributed by atoms with Crippen molar-refractivity contribution in [2.45, 2.75) is 20.3 Å². The van der Waals surface area contributed by atoms with Crippen LogP contribution in [0.2, 0.25) is 4.47 Å². The zero-order valence-corrected chi connectivity index (χ0v) is 16.2. The maximum Gasteiger partial charge on any atom is 0.183 e. The van der Waals surface area contributed by atoms with E-state index < -0.39 is 0 Å². The summed E-state index contributed by atoms with van der Waals surface area (Å²) in [5.41, 5.74) is 6.16. The first-order valence-corrected chi connectivity index (χ1v) is 9.34. The van der Waals surface area contributed by atoms with E-state index in [2.05, 4.69) is 17.0 Å². The molecule has 7 heteroatoms. The number of hydrogen-bond acceptors (Lipinski definition) is 5. The van der Waals surface area contributed by atoms with Crippen LogP contribution in [0.15, 0.2) is 36.7 Å².